The fraction of sp³-hybridized carbons (Fsp3) is 0.267. The molecule has 6 heteroatoms. The first-order chi connectivity index (χ1) is 9.94. The number of aryl methyl sites for hydroxylation is 1. The summed E-state index contributed by atoms with van der Waals surface area (Å²) in [5, 5.41) is 4.33. The summed E-state index contributed by atoms with van der Waals surface area (Å²) in [4.78, 5) is 9.44. The van der Waals surface area contributed by atoms with Crippen LogP contribution in [0.3, 0.4) is 0 Å². The van der Waals surface area contributed by atoms with E-state index in [9.17, 15) is 0 Å². The molecular formula is C15H16BrN5. The largest absolute Gasteiger partial charge is 0.382 e. The van der Waals surface area contributed by atoms with Gasteiger partial charge in [0.25, 0.3) is 0 Å². The third-order valence-corrected chi connectivity index (χ3v) is 4.31. The van der Waals surface area contributed by atoms with E-state index in [1.165, 1.54) is 0 Å². The molecule has 5 nitrogen and oxygen atoms in total. The molecule has 108 valence electrons. The van der Waals surface area contributed by atoms with Crippen molar-refractivity contribution in [2.24, 2.45) is 22.8 Å². The van der Waals surface area contributed by atoms with Gasteiger partial charge in [-0.25, -0.2) is 9.98 Å². The number of hydrogen-bond donors (Lipinski definition) is 1. The number of halogens is 1. The number of aromatic nitrogens is 2. The van der Waals surface area contributed by atoms with Crippen LogP contribution < -0.4 is 5.73 Å². The molecule has 0 saturated heterocycles. The zero-order valence-electron chi connectivity index (χ0n) is 12.1. The molecule has 2 N–H and O–H groups in total. The minimum Gasteiger partial charge on any atom is -0.382 e. The molecule has 1 aliphatic rings. The highest BCUT2D eigenvalue weighted by Gasteiger charge is 2.40. The van der Waals surface area contributed by atoms with Crippen LogP contribution in [0.2, 0.25) is 0 Å². The smallest absolute Gasteiger partial charge is 0.207 e. The predicted octanol–water partition coefficient (Wildman–Crippen LogP) is 2.52. The first kappa shape index (κ1) is 14.0. The highest BCUT2D eigenvalue weighted by atomic mass is 79.9. The lowest BCUT2D eigenvalue weighted by Gasteiger charge is -2.23. The van der Waals surface area contributed by atoms with E-state index in [2.05, 4.69) is 26.0 Å². The summed E-state index contributed by atoms with van der Waals surface area (Å²) in [5.74, 6) is 0.471. The molecule has 2 heterocycles. The third kappa shape index (κ3) is 2.10. The second kappa shape index (κ2) is 4.80. The van der Waals surface area contributed by atoms with Gasteiger partial charge in [0.15, 0.2) is 0 Å². The predicted molar refractivity (Wildman–Crippen MR) is 87.6 cm³/mol. The Hall–Kier alpha value is -1.95. The SMILES string of the molecule is CC1=NC(c2cccc(Br)c2)(c2cnn(C)c2C)N=C1N. The maximum atomic E-state index is 6.00. The second-order valence-electron chi connectivity index (χ2n) is 5.14. The fourth-order valence-electron chi connectivity index (χ4n) is 2.53. The molecule has 0 amide bonds. The Balaban J connectivity index is 2.31. The minimum atomic E-state index is -0.837. The molecule has 21 heavy (non-hydrogen) atoms. The van der Waals surface area contributed by atoms with Gasteiger partial charge in [-0.1, -0.05) is 28.1 Å². The van der Waals surface area contributed by atoms with E-state index in [1.54, 1.807) is 0 Å². The van der Waals surface area contributed by atoms with Crippen molar-refractivity contribution < 1.29 is 0 Å². The molecule has 1 atom stereocenters. The van der Waals surface area contributed by atoms with Crippen LogP contribution in [0, 0.1) is 6.92 Å². The van der Waals surface area contributed by atoms with Gasteiger partial charge in [-0.2, -0.15) is 5.10 Å². The van der Waals surface area contributed by atoms with Crippen molar-refractivity contribution in [3.05, 3.63) is 51.8 Å². The van der Waals surface area contributed by atoms with Crippen molar-refractivity contribution in [1.82, 2.24) is 9.78 Å². The molecule has 1 aromatic carbocycles. The van der Waals surface area contributed by atoms with Gasteiger partial charge in [0.2, 0.25) is 5.66 Å². The van der Waals surface area contributed by atoms with E-state index in [-0.39, 0.29) is 0 Å². The number of aliphatic imine (C=N–C) groups is 2. The minimum absolute atomic E-state index is 0.471. The van der Waals surface area contributed by atoms with Crippen molar-refractivity contribution in [3.63, 3.8) is 0 Å². The Morgan fingerprint density at radius 1 is 1.24 bits per heavy atom. The van der Waals surface area contributed by atoms with Gasteiger partial charge in [0.1, 0.15) is 5.84 Å². The van der Waals surface area contributed by atoms with E-state index in [0.717, 1.165) is 27.0 Å². The molecule has 0 fully saturated rings. The zero-order valence-corrected chi connectivity index (χ0v) is 13.7. The number of benzene rings is 1. The van der Waals surface area contributed by atoms with Crippen molar-refractivity contribution in [1.29, 1.82) is 0 Å². The first-order valence-electron chi connectivity index (χ1n) is 6.61. The van der Waals surface area contributed by atoms with Crippen LogP contribution in [-0.2, 0) is 12.7 Å². The van der Waals surface area contributed by atoms with Crippen LogP contribution >= 0.6 is 15.9 Å². The molecule has 0 aliphatic carbocycles. The molecule has 3 rings (SSSR count). The van der Waals surface area contributed by atoms with E-state index in [1.807, 2.05) is 56.0 Å². The molecule has 0 bridgehead atoms. The zero-order chi connectivity index (χ0) is 15.2. The van der Waals surface area contributed by atoms with Gasteiger partial charge in [0.05, 0.1) is 11.9 Å². The Morgan fingerprint density at radius 3 is 2.52 bits per heavy atom. The highest BCUT2D eigenvalue weighted by molar-refractivity contribution is 9.10. The van der Waals surface area contributed by atoms with Crippen LogP contribution in [0.4, 0.5) is 0 Å². The quantitative estimate of drug-likeness (QED) is 0.908. The van der Waals surface area contributed by atoms with Gasteiger partial charge in [-0.15, -0.1) is 0 Å². The summed E-state index contributed by atoms with van der Waals surface area (Å²) < 4.78 is 2.80. The molecule has 1 aromatic heterocycles. The number of nitrogens with two attached hydrogens (primary N) is 1. The second-order valence-corrected chi connectivity index (χ2v) is 6.06. The van der Waals surface area contributed by atoms with Crippen molar-refractivity contribution in [3.8, 4) is 0 Å². The molecule has 2 aromatic rings. The van der Waals surface area contributed by atoms with Gasteiger partial charge >= 0.3 is 0 Å². The van der Waals surface area contributed by atoms with Crippen LogP contribution in [-0.4, -0.2) is 21.3 Å². The van der Waals surface area contributed by atoms with Gasteiger partial charge < -0.3 is 5.73 Å². The third-order valence-electron chi connectivity index (χ3n) is 3.82. The number of rotatable bonds is 2. The van der Waals surface area contributed by atoms with E-state index < -0.39 is 5.66 Å². The molecule has 0 saturated carbocycles. The monoisotopic (exact) mass is 345 g/mol. The van der Waals surface area contributed by atoms with Gasteiger partial charge in [-0.05, 0) is 26.0 Å². The lowest BCUT2D eigenvalue weighted by Crippen LogP contribution is -2.23. The number of amidine groups is 1. The van der Waals surface area contributed by atoms with Crippen LogP contribution in [0.25, 0.3) is 0 Å². The average molecular weight is 346 g/mol. The lowest BCUT2D eigenvalue weighted by atomic mass is 9.93. The maximum Gasteiger partial charge on any atom is 0.207 e. The lowest BCUT2D eigenvalue weighted by molar-refractivity contribution is 0.581. The number of nitrogens with zero attached hydrogens (tertiary/aromatic N) is 4. The summed E-state index contributed by atoms with van der Waals surface area (Å²) >= 11 is 3.51. The molecule has 1 unspecified atom stereocenters. The van der Waals surface area contributed by atoms with Crippen LogP contribution in [0.1, 0.15) is 23.7 Å². The Labute approximate surface area is 131 Å². The van der Waals surface area contributed by atoms with Crippen molar-refractivity contribution >= 4 is 27.5 Å². The molecule has 1 aliphatic heterocycles. The van der Waals surface area contributed by atoms with Crippen LogP contribution in [0.15, 0.2) is 44.9 Å². The highest BCUT2D eigenvalue weighted by Crippen LogP contribution is 2.40. The summed E-state index contributed by atoms with van der Waals surface area (Å²) in [6.45, 7) is 3.89. The Kier molecular flexibility index (Phi) is 3.20. The summed E-state index contributed by atoms with van der Waals surface area (Å²) in [7, 11) is 1.91. The molecule has 0 spiro atoms. The maximum absolute atomic E-state index is 6.00. The van der Waals surface area contributed by atoms with E-state index in [0.29, 0.717) is 5.84 Å². The van der Waals surface area contributed by atoms with Crippen molar-refractivity contribution in [2.45, 2.75) is 19.5 Å². The van der Waals surface area contributed by atoms with Crippen molar-refractivity contribution in [2.75, 3.05) is 0 Å². The van der Waals surface area contributed by atoms with Gasteiger partial charge in [-0.3, -0.25) is 4.68 Å². The van der Waals surface area contributed by atoms with Crippen LogP contribution in [0.5, 0.6) is 0 Å². The topological polar surface area (TPSA) is 68.6 Å². The van der Waals surface area contributed by atoms with E-state index in [4.69, 9.17) is 10.7 Å². The average Bonchev–Trinajstić information content (AvgIpc) is 2.93. The Bertz CT molecular complexity index is 754. The summed E-state index contributed by atoms with van der Waals surface area (Å²) in [6.07, 6.45) is 1.81. The number of hydrogen-bond acceptors (Lipinski definition) is 4. The van der Waals surface area contributed by atoms with E-state index >= 15 is 0 Å². The molecule has 0 radical (unpaired) electrons. The molecular weight excluding hydrogens is 330 g/mol. The summed E-state index contributed by atoms with van der Waals surface area (Å²) in [5.41, 5.74) is 8.85. The normalized spacial score (nSPS) is 21.3. The standard InChI is InChI=1S/C15H16BrN5/c1-9-14(17)20-15(19-9,11-5-4-6-12(16)7-11)13-8-18-21(3)10(13)2/h4-8H,1-3H3,(H2,17,20). The first-order valence-corrected chi connectivity index (χ1v) is 7.40. The fourth-order valence-corrected chi connectivity index (χ4v) is 2.93. The summed E-state index contributed by atoms with van der Waals surface area (Å²) in [6, 6.07) is 7.98. The Morgan fingerprint density at radius 2 is 2.00 bits per heavy atom. The van der Waals surface area contributed by atoms with Gasteiger partial charge in [0, 0.05) is 28.3 Å².